The number of hydrogen-bond donors (Lipinski definition) is 2. The van der Waals surface area contributed by atoms with Crippen LogP contribution in [-0.4, -0.2) is 26.5 Å². The largest absolute Gasteiger partial charge is 0.278 e. The normalized spacial score (nSPS) is 9.93. The first kappa shape index (κ1) is 9.25. The van der Waals surface area contributed by atoms with Crippen molar-refractivity contribution in [3.05, 3.63) is 29.8 Å². The lowest BCUT2D eigenvalue weighted by Gasteiger charge is -1.98. The summed E-state index contributed by atoms with van der Waals surface area (Å²) < 4.78 is 11.9. The van der Waals surface area contributed by atoms with Gasteiger partial charge in [0.25, 0.3) is 5.91 Å². The molecule has 15 heavy (non-hydrogen) atoms. The quantitative estimate of drug-likeness (QED) is 0.701. The number of nitrogens with zero attached hydrogens (tertiary/aromatic N) is 3. The number of H-pyrrole nitrogens is 1. The van der Waals surface area contributed by atoms with Gasteiger partial charge in [0.05, 0.1) is 0 Å². The van der Waals surface area contributed by atoms with Crippen molar-refractivity contribution in [1.82, 2.24) is 26.2 Å². The molecule has 2 N–H and O–H groups in total. The molecule has 0 spiro atoms. The molecule has 0 aliphatic carbocycles. The summed E-state index contributed by atoms with van der Waals surface area (Å²) in [5.41, 5.74) is 1.83. The van der Waals surface area contributed by atoms with Crippen molar-refractivity contribution < 1.29 is 9.28 Å². The van der Waals surface area contributed by atoms with Crippen LogP contribution in [0.2, 0.25) is 0 Å². The zero-order valence-electron chi connectivity index (χ0n) is 7.44. The van der Waals surface area contributed by atoms with E-state index < -0.39 is 5.91 Å². The van der Waals surface area contributed by atoms with Crippen LogP contribution >= 0.6 is 0 Å². The van der Waals surface area contributed by atoms with Crippen LogP contribution in [-0.2, 0) is 0 Å². The average Bonchev–Trinajstić information content (AvgIpc) is 2.82. The van der Waals surface area contributed by atoms with Gasteiger partial charge in [-0.3, -0.25) is 4.79 Å². The minimum absolute atomic E-state index is 0.194. The van der Waals surface area contributed by atoms with Crippen molar-refractivity contribution in [2.45, 2.75) is 0 Å². The molecule has 0 saturated carbocycles. The Morgan fingerprint density at radius 3 is 3.00 bits per heavy atom. The number of hydrogen-bond acceptors (Lipinski definition) is 4. The Bertz CT molecular complexity index is 470. The number of amides is 1. The summed E-state index contributed by atoms with van der Waals surface area (Å²) in [6, 6.07) is 6.26. The summed E-state index contributed by atoms with van der Waals surface area (Å²) in [5, 5.41) is 13.1. The zero-order valence-corrected chi connectivity index (χ0v) is 7.44. The van der Waals surface area contributed by atoms with Crippen LogP contribution in [0.3, 0.4) is 0 Å². The highest BCUT2D eigenvalue weighted by atomic mass is 19.2. The lowest BCUT2D eigenvalue weighted by Crippen LogP contribution is -2.13. The van der Waals surface area contributed by atoms with E-state index >= 15 is 0 Å². The number of benzene rings is 1. The minimum Gasteiger partial charge on any atom is -0.267 e. The molecule has 0 unspecified atom stereocenters. The fraction of sp³-hybridized carbons (Fsp3) is 0. The van der Waals surface area contributed by atoms with E-state index in [1.54, 1.807) is 12.1 Å². The fourth-order valence-corrected chi connectivity index (χ4v) is 1.14. The summed E-state index contributed by atoms with van der Waals surface area (Å²) >= 11 is 0. The van der Waals surface area contributed by atoms with Crippen molar-refractivity contribution in [3.8, 4) is 11.4 Å². The monoisotopic (exact) mass is 207 g/mol. The average molecular weight is 207 g/mol. The standard InChI is InChI=1S/C8H6FN5O/c9-10-8(15)6-3-1-2-5(4-6)7-11-13-14-12-7/h1-4H,(H,10,15)(H,11,12,13,14). The van der Waals surface area contributed by atoms with Gasteiger partial charge >= 0.3 is 0 Å². The van der Waals surface area contributed by atoms with Crippen molar-refractivity contribution in [3.63, 3.8) is 0 Å². The molecule has 0 fully saturated rings. The van der Waals surface area contributed by atoms with Crippen LogP contribution in [0.4, 0.5) is 4.48 Å². The van der Waals surface area contributed by atoms with Crippen molar-refractivity contribution in [1.29, 1.82) is 0 Å². The first-order valence-corrected chi connectivity index (χ1v) is 4.06. The number of nitrogens with one attached hydrogen (secondary N) is 2. The Labute approximate surface area is 83.4 Å². The topological polar surface area (TPSA) is 83.6 Å². The number of tetrazole rings is 1. The van der Waals surface area contributed by atoms with Crippen LogP contribution in [0.1, 0.15) is 10.4 Å². The van der Waals surface area contributed by atoms with Gasteiger partial charge in [0, 0.05) is 11.1 Å². The molecule has 0 radical (unpaired) electrons. The third-order valence-electron chi connectivity index (χ3n) is 1.81. The molecule has 0 aliphatic rings. The number of aromatic nitrogens is 4. The molecule has 6 nitrogen and oxygen atoms in total. The van der Waals surface area contributed by atoms with Gasteiger partial charge in [0.1, 0.15) is 0 Å². The van der Waals surface area contributed by atoms with Gasteiger partial charge in [-0.2, -0.15) is 10.8 Å². The second-order valence-electron chi connectivity index (χ2n) is 2.74. The van der Waals surface area contributed by atoms with E-state index in [1.165, 1.54) is 12.1 Å². The number of carbonyl (C=O) groups excluding carboxylic acids is 1. The second kappa shape index (κ2) is 3.82. The third-order valence-corrected chi connectivity index (χ3v) is 1.81. The summed E-state index contributed by atoms with van der Waals surface area (Å²) in [7, 11) is 0. The second-order valence-corrected chi connectivity index (χ2v) is 2.74. The molecule has 7 heteroatoms. The Balaban J connectivity index is 2.39. The Morgan fingerprint density at radius 1 is 1.47 bits per heavy atom. The van der Waals surface area contributed by atoms with Gasteiger partial charge in [0.2, 0.25) is 5.82 Å². The van der Waals surface area contributed by atoms with Crippen molar-refractivity contribution >= 4 is 5.91 Å². The highest BCUT2D eigenvalue weighted by molar-refractivity contribution is 5.94. The van der Waals surface area contributed by atoms with Crippen LogP contribution in [0.25, 0.3) is 11.4 Å². The maximum atomic E-state index is 11.9. The van der Waals surface area contributed by atoms with Gasteiger partial charge in [-0.25, -0.2) is 0 Å². The molecule has 1 aromatic carbocycles. The molecule has 1 heterocycles. The van der Waals surface area contributed by atoms with Crippen LogP contribution in [0.5, 0.6) is 0 Å². The van der Waals surface area contributed by atoms with Crippen LogP contribution in [0.15, 0.2) is 24.3 Å². The summed E-state index contributed by atoms with van der Waals surface area (Å²) in [6.07, 6.45) is 0. The fourth-order valence-electron chi connectivity index (χ4n) is 1.14. The van der Waals surface area contributed by atoms with Crippen LogP contribution in [0, 0.1) is 0 Å². The summed E-state index contributed by atoms with van der Waals surface area (Å²) in [5.74, 6) is -0.455. The molecule has 0 aliphatic heterocycles. The molecule has 0 bridgehead atoms. The predicted molar refractivity (Wildman–Crippen MR) is 48.2 cm³/mol. The van der Waals surface area contributed by atoms with Crippen molar-refractivity contribution in [2.24, 2.45) is 0 Å². The van der Waals surface area contributed by atoms with E-state index in [9.17, 15) is 9.28 Å². The molecule has 0 saturated heterocycles. The molecule has 2 rings (SSSR count). The highest BCUT2D eigenvalue weighted by Gasteiger charge is 2.08. The third kappa shape index (κ3) is 1.80. The minimum atomic E-state index is -0.805. The number of halogens is 1. The molecule has 1 amide bonds. The van der Waals surface area contributed by atoms with E-state index in [4.69, 9.17) is 0 Å². The Morgan fingerprint density at radius 2 is 2.33 bits per heavy atom. The predicted octanol–water partition coefficient (Wildman–Crippen LogP) is 0.481. The number of rotatable bonds is 2. The SMILES string of the molecule is O=C(NF)c1cccc(-c2nn[nH]n2)c1. The maximum Gasteiger partial charge on any atom is 0.278 e. The van der Waals surface area contributed by atoms with Gasteiger partial charge < -0.3 is 0 Å². The van der Waals surface area contributed by atoms with E-state index in [0.29, 0.717) is 11.4 Å². The van der Waals surface area contributed by atoms with Crippen molar-refractivity contribution in [2.75, 3.05) is 0 Å². The molecule has 0 atom stereocenters. The summed E-state index contributed by atoms with van der Waals surface area (Å²) in [4.78, 5) is 11.0. The highest BCUT2D eigenvalue weighted by Crippen LogP contribution is 2.14. The van der Waals surface area contributed by atoms with E-state index in [0.717, 1.165) is 5.54 Å². The van der Waals surface area contributed by atoms with Gasteiger partial charge in [0.15, 0.2) is 0 Å². The number of aromatic amines is 1. The Hall–Kier alpha value is -2.31. The first-order valence-electron chi connectivity index (χ1n) is 4.06. The summed E-state index contributed by atoms with van der Waals surface area (Å²) in [6.45, 7) is 0. The van der Waals surface area contributed by atoms with Crippen LogP contribution < -0.4 is 5.54 Å². The molecular weight excluding hydrogens is 201 g/mol. The molecular formula is C8H6FN5O. The number of carbonyl (C=O) groups is 1. The maximum absolute atomic E-state index is 11.9. The lowest BCUT2D eigenvalue weighted by molar-refractivity contribution is 0.0859. The smallest absolute Gasteiger partial charge is 0.267 e. The molecule has 1 aromatic heterocycles. The first-order chi connectivity index (χ1) is 7.31. The van der Waals surface area contributed by atoms with E-state index in [2.05, 4.69) is 20.6 Å². The Kier molecular flexibility index (Phi) is 2.36. The molecule has 2 aromatic rings. The zero-order chi connectivity index (χ0) is 10.7. The van der Waals surface area contributed by atoms with Gasteiger partial charge in [-0.1, -0.05) is 16.6 Å². The van der Waals surface area contributed by atoms with E-state index in [-0.39, 0.29) is 5.56 Å². The molecule has 76 valence electrons. The van der Waals surface area contributed by atoms with Gasteiger partial charge in [-0.15, -0.1) is 10.2 Å². The van der Waals surface area contributed by atoms with Gasteiger partial charge in [-0.05, 0) is 17.3 Å². The lowest BCUT2D eigenvalue weighted by atomic mass is 10.1. The van der Waals surface area contributed by atoms with E-state index in [1.807, 2.05) is 0 Å².